The molecule has 0 radical (unpaired) electrons. The first-order valence-corrected chi connectivity index (χ1v) is 5.23. The molecule has 0 unspecified atom stereocenters. The molecule has 0 aromatic heterocycles. The highest BCUT2D eigenvalue weighted by Crippen LogP contribution is 2.32. The lowest BCUT2D eigenvalue weighted by Crippen LogP contribution is -1.93. The number of hydrogen-bond donors (Lipinski definition) is 1. The standard InChI is InChI=1S/C13H11NO4/c1-18-13-8-10(4-7-12(13)14(16)17)9-2-5-11(15)6-3-9/h2-8,15H,1H3. The number of phenolic OH excluding ortho intramolecular Hbond substituents is 1. The lowest BCUT2D eigenvalue weighted by molar-refractivity contribution is -0.385. The summed E-state index contributed by atoms with van der Waals surface area (Å²) in [6, 6.07) is 11.2. The van der Waals surface area contributed by atoms with Gasteiger partial charge in [-0.05, 0) is 35.4 Å². The quantitative estimate of drug-likeness (QED) is 0.666. The van der Waals surface area contributed by atoms with E-state index in [2.05, 4.69) is 0 Å². The van der Waals surface area contributed by atoms with Gasteiger partial charge in [-0.2, -0.15) is 0 Å². The van der Waals surface area contributed by atoms with Gasteiger partial charge in [0.2, 0.25) is 0 Å². The van der Waals surface area contributed by atoms with Crippen LogP contribution >= 0.6 is 0 Å². The van der Waals surface area contributed by atoms with Gasteiger partial charge in [0.25, 0.3) is 0 Å². The van der Waals surface area contributed by atoms with Crippen LogP contribution in [0.1, 0.15) is 0 Å². The zero-order chi connectivity index (χ0) is 13.1. The van der Waals surface area contributed by atoms with Crippen LogP contribution in [-0.2, 0) is 0 Å². The average molecular weight is 245 g/mol. The molecule has 5 nitrogen and oxygen atoms in total. The Kier molecular flexibility index (Phi) is 3.14. The SMILES string of the molecule is COc1cc(-c2ccc(O)cc2)ccc1[N+](=O)[O-]. The second kappa shape index (κ2) is 4.75. The van der Waals surface area contributed by atoms with Gasteiger partial charge in [0.05, 0.1) is 12.0 Å². The van der Waals surface area contributed by atoms with Crippen molar-refractivity contribution in [1.82, 2.24) is 0 Å². The molecule has 0 amide bonds. The van der Waals surface area contributed by atoms with Crippen LogP contribution in [0.25, 0.3) is 11.1 Å². The highest BCUT2D eigenvalue weighted by Gasteiger charge is 2.15. The molecular weight excluding hydrogens is 234 g/mol. The van der Waals surface area contributed by atoms with E-state index in [0.717, 1.165) is 11.1 Å². The van der Waals surface area contributed by atoms with Crippen molar-refractivity contribution in [1.29, 1.82) is 0 Å². The number of nitro groups is 1. The maximum Gasteiger partial charge on any atom is 0.310 e. The fourth-order valence-electron chi connectivity index (χ4n) is 1.66. The van der Waals surface area contributed by atoms with E-state index in [0.29, 0.717) is 0 Å². The topological polar surface area (TPSA) is 72.6 Å². The Hall–Kier alpha value is -2.56. The predicted molar refractivity (Wildman–Crippen MR) is 66.7 cm³/mol. The number of ether oxygens (including phenoxy) is 1. The number of hydrogen-bond acceptors (Lipinski definition) is 4. The van der Waals surface area contributed by atoms with Gasteiger partial charge in [0.15, 0.2) is 5.75 Å². The highest BCUT2D eigenvalue weighted by molar-refractivity contribution is 5.68. The second-order valence-corrected chi connectivity index (χ2v) is 3.69. The van der Waals surface area contributed by atoms with Gasteiger partial charge < -0.3 is 9.84 Å². The van der Waals surface area contributed by atoms with Crippen molar-refractivity contribution in [2.45, 2.75) is 0 Å². The van der Waals surface area contributed by atoms with Crippen molar-refractivity contribution in [2.75, 3.05) is 7.11 Å². The molecule has 0 saturated carbocycles. The fourth-order valence-corrected chi connectivity index (χ4v) is 1.66. The number of aromatic hydroxyl groups is 1. The molecule has 0 fully saturated rings. The molecule has 0 bridgehead atoms. The minimum absolute atomic E-state index is 0.0694. The summed E-state index contributed by atoms with van der Waals surface area (Å²) in [5, 5.41) is 20.0. The van der Waals surface area contributed by atoms with Crippen molar-refractivity contribution >= 4 is 5.69 Å². The molecule has 0 heterocycles. The number of benzene rings is 2. The average Bonchev–Trinajstić information content (AvgIpc) is 2.38. The van der Waals surface area contributed by atoms with Crippen LogP contribution < -0.4 is 4.74 Å². The number of rotatable bonds is 3. The van der Waals surface area contributed by atoms with E-state index in [1.165, 1.54) is 13.2 Å². The van der Waals surface area contributed by atoms with E-state index in [4.69, 9.17) is 4.74 Å². The van der Waals surface area contributed by atoms with E-state index < -0.39 is 4.92 Å². The Balaban J connectivity index is 2.47. The van der Waals surface area contributed by atoms with Crippen LogP contribution in [0, 0.1) is 10.1 Å². The third-order valence-electron chi connectivity index (χ3n) is 2.58. The maximum absolute atomic E-state index is 10.8. The van der Waals surface area contributed by atoms with Crippen molar-refractivity contribution in [3.05, 3.63) is 52.6 Å². The summed E-state index contributed by atoms with van der Waals surface area (Å²) >= 11 is 0. The van der Waals surface area contributed by atoms with Gasteiger partial charge in [-0.25, -0.2) is 0 Å². The molecule has 0 aliphatic rings. The van der Waals surface area contributed by atoms with E-state index in [-0.39, 0.29) is 17.2 Å². The third-order valence-corrected chi connectivity index (χ3v) is 2.58. The van der Waals surface area contributed by atoms with E-state index in [1.54, 1.807) is 36.4 Å². The van der Waals surface area contributed by atoms with Crippen LogP contribution in [0.5, 0.6) is 11.5 Å². The lowest BCUT2D eigenvalue weighted by atomic mass is 10.0. The number of phenols is 1. The van der Waals surface area contributed by atoms with Crippen LogP contribution in [-0.4, -0.2) is 17.1 Å². The summed E-state index contributed by atoms with van der Waals surface area (Å²) in [5.41, 5.74) is 1.57. The van der Waals surface area contributed by atoms with Crippen molar-refractivity contribution < 1.29 is 14.8 Å². The Bertz CT molecular complexity index is 578. The molecule has 0 aliphatic carbocycles. The molecule has 0 saturated heterocycles. The zero-order valence-electron chi connectivity index (χ0n) is 9.66. The van der Waals surface area contributed by atoms with E-state index in [9.17, 15) is 15.2 Å². The molecule has 0 atom stereocenters. The Morgan fingerprint density at radius 1 is 1.11 bits per heavy atom. The first kappa shape index (κ1) is 11.9. The van der Waals surface area contributed by atoms with Gasteiger partial charge in [-0.1, -0.05) is 12.1 Å². The van der Waals surface area contributed by atoms with Crippen molar-refractivity contribution in [3.63, 3.8) is 0 Å². The summed E-state index contributed by atoms with van der Waals surface area (Å²) in [6.07, 6.45) is 0. The normalized spacial score (nSPS) is 10.1. The summed E-state index contributed by atoms with van der Waals surface area (Å²) in [5.74, 6) is 0.387. The van der Waals surface area contributed by atoms with E-state index >= 15 is 0 Å². The highest BCUT2D eigenvalue weighted by atomic mass is 16.6. The van der Waals surface area contributed by atoms with Crippen LogP contribution in [0.2, 0.25) is 0 Å². The Morgan fingerprint density at radius 3 is 2.28 bits per heavy atom. The number of methoxy groups -OCH3 is 1. The minimum Gasteiger partial charge on any atom is -0.508 e. The molecule has 5 heteroatoms. The summed E-state index contributed by atoms with van der Waals surface area (Å²) in [7, 11) is 1.39. The monoisotopic (exact) mass is 245 g/mol. The molecule has 2 aromatic carbocycles. The fraction of sp³-hybridized carbons (Fsp3) is 0.0769. The van der Waals surface area contributed by atoms with Crippen LogP contribution in [0.3, 0.4) is 0 Å². The largest absolute Gasteiger partial charge is 0.508 e. The lowest BCUT2D eigenvalue weighted by Gasteiger charge is -2.05. The van der Waals surface area contributed by atoms with Gasteiger partial charge in [0.1, 0.15) is 5.75 Å². The van der Waals surface area contributed by atoms with Gasteiger partial charge in [-0.3, -0.25) is 10.1 Å². The van der Waals surface area contributed by atoms with E-state index in [1.807, 2.05) is 0 Å². The van der Waals surface area contributed by atoms with Crippen molar-refractivity contribution in [3.8, 4) is 22.6 Å². The Morgan fingerprint density at radius 2 is 1.72 bits per heavy atom. The maximum atomic E-state index is 10.8. The molecule has 2 aromatic rings. The van der Waals surface area contributed by atoms with Crippen molar-refractivity contribution in [2.24, 2.45) is 0 Å². The minimum atomic E-state index is -0.487. The number of nitrogens with zero attached hydrogens (tertiary/aromatic N) is 1. The second-order valence-electron chi connectivity index (χ2n) is 3.69. The molecule has 0 aliphatic heterocycles. The molecule has 1 N–H and O–H groups in total. The van der Waals surface area contributed by atoms with Gasteiger partial charge in [-0.15, -0.1) is 0 Å². The predicted octanol–water partition coefficient (Wildman–Crippen LogP) is 2.98. The smallest absolute Gasteiger partial charge is 0.310 e. The summed E-state index contributed by atoms with van der Waals surface area (Å²) < 4.78 is 5.00. The molecule has 0 spiro atoms. The molecular formula is C13H11NO4. The molecule has 18 heavy (non-hydrogen) atoms. The van der Waals surface area contributed by atoms with Crippen LogP contribution in [0.4, 0.5) is 5.69 Å². The summed E-state index contributed by atoms with van der Waals surface area (Å²) in [6.45, 7) is 0. The van der Waals surface area contributed by atoms with Gasteiger partial charge >= 0.3 is 5.69 Å². The Labute approximate surface area is 103 Å². The zero-order valence-corrected chi connectivity index (χ0v) is 9.66. The third kappa shape index (κ3) is 2.24. The summed E-state index contributed by atoms with van der Waals surface area (Å²) in [4.78, 5) is 10.3. The first-order valence-electron chi connectivity index (χ1n) is 5.23. The molecule has 92 valence electrons. The number of nitro benzene ring substituents is 1. The van der Waals surface area contributed by atoms with Crippen LogP contribution in [0.15, 0.2) is 42.5 Å². The van der Waals surface area contributed by atoms with Gasteiger partial charge in [0, 0.05) is 6.07 Å². The first-order chi connectivity index (χ1) is 8.61. The molecule has 2 rings (SSSR count).